The number of azide groups is 1. The first-order valence-electron chi connectivity index (χ1n) is 19.1. The highest BCUT2D eigenvalue weighted by atomic mass is 16.6. The van der Waals surface area contributed by atoms with E-state index >= 15 is 0 Å². The van der Waals surface area contributed by atoms with Crippen molar-refractivity contribution in [1.29, 1.82) is 0 Å². The molecule has 0 aliphatic rings. The zero-order valence-corrected chi connectivity index (χ0v) is 33.4. The smallest absolute Gasteiger partial charge is 0.312 e. The number of amides is 5. The van der Waals surface area contributed by atoms with E-state index in [-0.39, 0.29) is 19.4 Å². The highest BCUT2D eigenvalue weighted by molar-refractivity contribution is 6.00. The lowest BCUT2D eigenvalue weighted by molar-refractivity contribution is -0.141. The van der Waals surface area contributed by atoms with Gasteiger partial charge < -0.3 is 55.4 Å². The van der Waals surface area contributed by atoms with Crippen molar-refractivity contribution in [3.8, 4) is 16.9 Å². The molecule has 0 bridgehead atoms. The zero-order valence-electron chi connectivity index (χ0n) is 33.4. The molecular weight excluding hydrogens is 768 g/mol. The van der Waals surface area contributed by atoms with Crippen LogP contribution < -0.4 is 31.7 Å². The number of esters is 1. The molecule has 3 aromatic carbocycles. The molecule has 6 N–H and O–H groups in total. The molecule has 19 nitrogen and oxygen atoms in total. The third-order valence-electron chi connectivity index (χ3n) is 8.53. The summed E-state index contributed by atoms with van der Waals surface area (Å²) in [4.78, 5) is 63.4. The topological polar surface area (TPSA) is 264 Å². The number of urea groups is 1. The van der Waals surface area contributed by atoms with Crippen LogP contribution in [0.3, 0.4) is 0 Å². The predicted molar refractivity (Wildman–Crippen MR) is 217 cm³/mol. The highest BCUT2D eigenvalue weighted by Gasteiger charge is 2.23. The van der Waals surface area contributed by atoms with Crippen LogP contribution in [0, 0.1) is 0 Å². The number of fused-ring (bicyclic) bond motifs is 1. The van der Waals surface area contributed by atoms with Crippen LogP contribution >= 0.6 is 0 Å². The number of hydrogen-bond donors (Lipinski definition) is 5. The third-order valence-corrected chi connectivity index (χ3v) is 8.53. The Morgan fingerprint density at radius 1 is 0.780 bits per heavy atom. The van der Waals surface area contributed by atoms with Crippen molar-refractivity contribution in [3.63, 3.8) is 0 Å². The Hall–Kier alpha value is -5.98. The van der Waals surface area contributed by atoms with Gasteiger partial charge in [0, 0.05) is 30.3 Å². The molecule has 0 aromatic heterocycles. The normalized spacial score (nSPS) is 11.8. The van der Waals surface area contributed by atoms with Crippen molar-refractivity contribution in [2.75, 3.05) is 86.2 Å². The summed E-state index contributed by atoms with van der Waals surface area (Å²) in [6.45, 7) is 4.94. The van der Waals surface area contributed by atoms with Crippen LogP contribution in [0.25, 0.3) is 32.3 Å². The summed E-state index contributed by atoms with van der Waals surface area (Å²) in [6.07, 6.45) is 0.396. The summed E-state index contributed by atoms with van der Waals surface area (Å²) in [5.41, 5.74) is 15.8. The Balaban J connectivity index is 1.52. The molecule has 3 rings (SSSR count). The molecule has 3 aromatic rings. The first-order chi connectivity index (χ1) is 28.6. The molecule has 2 atom stereocenters. The minimum Gasteiger partial charge on any atom is -0.491 e. The minimum atomic E-state index is -0.935. The Morgan fingerprint density at radius 3 is 2.02 bits per heavy atom. The fourth-order valence-electron chi connectivity index (χ4n) is 5.74. The van der Waals surface area contributed by atoms with E-state index in [1.807, 2.05) is 60.7 Å². The lowest BCUT2D eigenvalue weighted by Crippen LogP contribution is -2.49. The number of benzene rings is 3. The molecule has 5 amide bonds. The van der Waals surface area contributed by atoms with E-state index in [4.69, 9.17) is 39.7 Å². The fraction of sp³-hybridized carbons (Fsp3) is 0.475. The number of nitrogens with zero attached hydrogens (tertiary/aromatic N) is 3. The lowest BCUT2D eigenvalue weighted by atomic mass is 9.95. The number of carbonyl (C=O) groups is 5. The van der Waals surface area contributed by atoms with Gasteiger partial charge in [0.05, 0.1) is 79.0 Å². The maximum atomic E-state index is 13.0. The number of ether oxygens (including phenoxy) is 6. The van der Waals surface area contributed by atoms with Crippen LogP contribution in [0.2, 0.25) is 0 Å². The highest BCUT2D eigenvalue weighted by Crippen LogP contribution is 2.35. The summed E-state index contributed by atoms with van der Waals surface area (Å²) in [5.74, 6) is -1.41. The van der Waals surface area contributed by atoms with Gasteiger partial charge in [-0.1, -0.05) is 59.7 Å². The van der Waals surface area contributed by atoms with Gasteiger partial charge in [0.2, 0.25) is 17.7 Å². The number of carbonyl (C=O) groups excluding carboxylic acids is 5. The molecule has 59 heavy (non-hydrogen) atoms. The van der Waals surface area contributed by atoms with E-state index < -0.39 is 48.4 Å². The fourth-order valence-corrected chi connectivity index (χ4v) is 5.74. The second-order valence-corrected chi connectivity index (χ2v) is 12.8. The molecule has 0 radical (unpaired) electrons. The summed E-state index contributed by atoms with van der Waals surface area (Å²) < 4.78 is 32.8. The maximum absolute atomic E-state index is 13.0. The molecule has 0 heterocycles. The predicted octanol–water partition coefficient (Wildman–Crippen LogP) is 3.05. The van der Waals surface area contributed by atoms with Gasteiger partial charge in [0.15, 0.2) is 0 Å². The second-order valence-electron chi connectivity index (χ2n) is 12.8. The van der Waals surface area contributed by atoms with Crippen LogP contribution in [-0.2, 0) is 42.9 Å². The number of primary amides is 1. The SMILES string of the molecule is COC(=O)C[C@H](NC(=O)CNC(=O)[C@H](CCCNC(N)=O)NC(C)=O)c1ccc(-c2ccc(OCCOCCOCCOCCOCCN=[N+]=[N-])c3ccccc23)cc1. The average molecular weight is 823 g/mol. The van der Waals surface area contributed by atoms with Crippen molar-refractivity contribution in [1.82, 2.24) is 21.3 Å². The number of methoxy groups -OCH3 is 1. The van der Waals surface area contributed by atoms with Crippen LogP contribution in [0.5, 0.6) is 5.75 Å². The molecule has 0 saturated heterocycles. The molecule has 0 spiro atoms. The van der Waals surface area contributed by atoms with Crippen molar-refractivity contribution in [3.05, 3.63) is 76.7 Å². The molecule has 0 saturated carbocycles. The van der Waals surface area contributed by atoms with Crippen molar-refractivity contribution >= 4 is 40.5 Å². The quantitative estimate of drug-likeness (QED) is 0.0223. The van der Waals surface area contributed by atoms with Crippen LogP contribution in [0.15, 0.2) is 65.8 Å². The summed E-state index contributed by atoms with van der Waals surface area (Å²) in [7, 11) is 1.26. The number of hydrogen-bond acceptors (Lipinski definition) is 12. The molecule has 0 aliphatic carbocycles. The molecule has 0 aliphatic heterocycles. The Kier molecular flexibility index (Phi) is 22.2. The van der Waals surface area contributed by atoms with E-state index in [9.17, 15) is 24.0 Å². The van der Waals surface area contributed by atoms with Gasteiger partial charge in [-0.05, 0) is 46.5 Å². The first-order valence-corrected chi connectivity index (χ1v) is 19.1. The van der Waals surface area contributed by atoms with E-state index in [0.29, 0.717) is 83.7 Å². The number of nitrogens with two attached hydrogens (primary N) is 1. The van der Waals surface area contributed by atoms with E-state index in [1.54, 1.807) is 0 Å². The van der Waals surface area contributed by atoms with Crippen LogP contribution in [-0.4, -0.2) is 122 Å². The minimum absolute atomic E-state index is 0.155. The lowest BCUT2D eigenvalue weighted by Gasteiger charge is -2.20. The number of nitrogens with one attached hydrogen (secondary N) is 4. The van der Waals surface area contributed by atoms with Crippen LogP contribution in [0.1, 0.15) is 37.8 Å². The molecule has 0 unspecified atom stereocenters. The third kappa shape index (κ3) is 18.4. The number of rotatable bonds is 29. The van der Waals surface area contributed by atoms with Gasteiger partial charge >= 0.3 is 12.0 Å². The van der Waals surface area contributed by atoms with Crippen LogP contribution in [0.4, 0.5) is 4.79 Å². The Labute approximate surface area is 342 Å². The van der Waals surface area contributed by atoms with Crippen molar-refractivity contribution in [2.24, 2.45) is 10.8 Å². The maximum Gasteiger partial charge on any atom is 0.312 e. The van der Waals surface area contributed by atoms with Crippen molar-refractivity contribution < 1.29 is 52.4 Å². The molecule has 0 fully saturated rings. The zero-order chi connectivity index (χ0) is 42.7. The molecular formula is C40H54N8O11. The summed E-state index contributed by atoms with van der Waals surface area (Å²) in [6, 6.07) is 16.8. The van der Waals surface area contributed by atoms with Crippen molar-refractivity contribution in [2.45, 2.75) is 38.3 Å². The van der Waals surface area contributed by atoms with Gasteiger partial charge in [0.25, 0.3) is 0 Å². The Bertz CT molecular complexity index is 1840. The summed E-state index contributed by atoms with van der Waals surface area (Å²) >= 11 is 0. The Morgan fingerprint density at radius 2 is 1.41 bits per heavy atom. The van der Waals surface area contributed by atoms with E-state index in [0.717, 1.165) is 21.9 Å². The van der Waals surface area contributed by atoms with E-state index in [1.165, 1.54) is 14.0 Å². The van der Waals surface area contributed by atoms with Gasteiger partial charge in [-0.15, -0.1) is 0 Å². The molecule has 19 heteroatoms. The van der Waals surface area contributed by atoms with Gasteiger partial charge in [-0.3, -0.25) is 19.2 Å². The summed E-state index contributed by atoms with van der Waals surface area (Å²) in [5, 5.41) is 15.5. The standard InChI is InChI=1S/C40H54N8O11/c1-28(49)46-34(8-5-15-43-40(41)53)39(52)44-27-37(50)47-35(26-38(51)54-2)30-11-9-29(10-12-30)31-13-14-36(33-7-4-3-6-32(31)33)59-25-24-58-23-22-57-21-20-56-19-18-55-17-16-45-48-42/h3-4,6-7,9-14,34-35H,5,8,15-27H2,1-2H3,(H,44,52)(H,46,49)(H,47,50)(H3,41,43,53)/t34-,35-/m0/s1. The largest absolute Gasteiger partial charge is 0.491 e. The van der Waals surface area contributed by atoms with E-state index in [2.05, 4.69) is 31.3 Å². The first kappa shape index (κ1) is 47.4. The average Bonchev–Trinajstić information content (AvgIpc) is 3.23. The molecule has 320 valence electrons. The van der Waals surface area contributed by atoms with Gasteiger partial charge in [-0.25, -0.2) is 4.79 Å². The van der Waals surface area contributed by atoms with Gasteiger partial charge in [-0.2, -0.15) is 0 Å². The monoisotopic (exact) mass is 822 g/mol. The van der Waals surface area contributed by atoms with Gasteiger partial charge in [0.1, 0.15) is 18.4 Å². The second kappa shape index (κ2) is 27.6.